The molecule has 0 radical (unpaired) electrons. The molecule has 0 atom stereocenters. The predicted molar refractivity (Wildman–Crippen MR) is 122 cm³/mol. The molecule has 3 rings (SSSR count). The molecule has 0 aromatic heterocycles. The Hall–Kier alpha value is -0.0800. The number of piperidine rings is 2. The average Bonchev–Trinajstić information content (AvgIpc) is 2.98. The van der Waals surface area contributed by atoms with Crippen molar-refractivity contribution in [2.24, 2.45) is 10.4 Å². The summed E-state index contributed by atoms with van der Waals surface area (Å²) in [5.74, 6) is 1.11. The van der Waals surface area contributed by atoms with Crippen molar-refractivity contribution in [3.8, 4) is 0 Å². The van der Waals surface area contributed by atoms with Crippen LogP contribution in [0.25, 0.3) is 0 Å². The summed E-state index contributed by atoms with van der Waals surface area (Å²) in [6, 6.07) is 0. The first kappa shape index (κ1) is 22.2. The fraction of sp³-hybridized carbons (Fsp3) is 0.950. The molecule has 0 spiro atoms. The Bertz CT molecular complexity index is 465. The van der Waals surface area contributed by atoms with Crippen LogP contribution in [0.2, 0.25) is 0 Å². The molecule has 0 aliphatic carbocycles. The van der Waals surface area contributed by atoms with E-state index < -0.39 is 0 Å². The number of rotatable bonds is 3. The molecule has 0 saturated carbocycles. The van der Waals surface area contributed by atoms with Gasteiger partial charge in [0, 0.05) is 32.2 Å². The highest BCUT2D eigenvalue weighted by Crippen LogP contribution is 2.32. The Morgan fingerprint density at radius 1 is 0.962 bits per heavy atom. The first-order valence-corrected chi connectivity index (χ1v) is 10.3. The maximum atomic E-state index is 4.61. The Morgan fingerprint density at radius 2 is 1.62 bits per heavy atom. The van der Waals surface area contributed by atoms with Crippen molar-refractivity contribution < 1.29 is 0 Å². The van der Waals surface area contributed by atoms with E-state index in [4.69, 9.17) is 0 Å². The number of hydrogen-bond donors (Lipinski definition) is 1. The van der Waals surface area contributed by atoms with Crippen molar-refractivity contribution in [2.45, 2.75) is 57.9 Å². The van der Waals surface area contributed by atoms with E-state index in [9.17, 15) is 0 Å². The molecule has 0 bridgehead atoms. The molecule has 3 fully saturated rings. The van der Waals surface area contributed by atoms with Gasteiger partial charge in [-0.15, -0.1) is 24.0 Å². The number of hydrogen-bond acceptors (Lipinski definition) is 3. The lowest BCUT2D eigenvalue weighted by Crippen LogP contribution is -2.62. The zero-order valence-electron chi connectivity index (χ0n) is 17.4. The van der Waals surface area contributed by atoms with Crippen LogP contribution < -0.4 is 5.32 Å². The van der Waals surface area contributed by atoms with Crippen LogP contribution in [0, 0.1) is 5.41 Å². The first-order valence-electron chi connectivity index (χ1n) is 10.3. The third-order valence-electron chi connectivity index (χ3n) is 6.71. The van der Waals surface area contributed by atoms with Gasteiger partial charge in [-0.3, -0.25) is 9.89 Å². The zero-order chi connectivity index (χ0) is 17.9. The largest absolute Gasteiger partial charge is 0.354 e. The van der Waals surface area contributed by atoms with E-state index in [1.807, 2.05) is 7.05 Å². The monoisotopic (exact) mass is 477 g/mol. The number of aliphatic imine (C=N–C) groups is 1. The molecule has 3 aliphatic rings. The summed E-state index contributed by atoms with van der Waals surface area (Å²) in [4.78, 5) is 12.4. The highest BCUT2D eigenvalue weighted by atomic mass is 127. The molecule has 0 aromatic carbocycles. The lowest BCUT2D eigenvalue weighted by molar-refractivity contribution is 0.0170. The minimum Gasteiger partial charge on any atom is -0.354 e. The molecule has 1 N–H and O–H groups in total. The highest BCUT2D eigenvalue weighted by molar-refractivity contribution is 14.0. The first-order chi connectivity index (χ1) is 11.9. The van der Waals surface area contributed by atoms with Crippen molar-refractivity contribution >= 4 is 29.9 Å². The molecule has 0 unspecified atom stereocenters. The van der Waals surface area contributed by atoms with Gasteiger partial charge in [-0.05, 0) is 70.7 Å². The topological polar surface area (TPSA) is 34.1 Å². The number of halogens is 1. The molecule has 3 heterocycles. The molecule has 152 valence electrons. The van der Waals surface area contributed by atoms with Crippen LogP contribution in [0.3, 0.4) is 0 Å². The fourth-order valence-electron chi connectivity index (χ4n) is 4.88. The quantitative estimate of drug-likeness (QED) is 0.385. The summed E-state index contributed by atoms with van der Waals surface area (Å²) in [6.45, 7) is 13.0. The van der Waals surface area contributed by atoms with Crippen LogP contribution in [-0.4, -0.2) is 86.1 Å². The van der Waals surface area contributed by atoms with E-state index in [2.05, 4.69) is 45.9 Å². The fourth-order valence-corrected chi connectivity index (χ4v) is 4.88. The van der Waals surface area contributed by atoms with Crippen molar-refractivity contribution in [2.75, 3.05) is 59.9 Å². The Labute approximate surface area is 178 Å². The SMILES string of the molecule is CN=C(NCC1(N2CCCCC2)CCN(C)CC1)N1CCC(C)(C)C1.I. The van der Waals surface area contributed by atoms with Crippen LogP contribution in [-0.2, 0) is 0 Å². The van der Waals surface area contributed by atoms with E-state index in [1.54, 1.807) is 0 Å². The van der Waals surface area contributed by atoms with Gasteiger partial charge in [0.15, 0.2) is 5.96 Å². The molecule has 26 heavy (non-hydrogen) atoms. The third kappa shape index (κ3) is 5.25. The Balaban J connectivity index is 0.00000243. The van der Waals surface area contributed by atoms with E-state index in [0.29, 0.717) is 11.0 Å². The molecular weight excluding hydrogens is 437 g/mol. The number of nitrogens with zero attached hydrogens (tertiary/aromatic N) is 4. The summed E-state index contributed by atoms with van der Waals surface area (Å²) >= 11 is 0. The van der Waals surface area contributed by atoms with Crippen LogP contribution in [0.15, 0.2) is 4.99 Å². The molecular formula is C20H40IN5. The van der Waals surface area contributed by atoms with Gasteiger partial charge in [-0.1, -0.05) is 20.3 Å². The third-order valence-corrected chi connectivity index (χ3v) is 6.71. The standard InChI is InChI=1S/C20H39N5.HI/c1-19(2)8-15-24(17-19)18(21-3)22-16-20(9-13-23(4)14-10-20)25-11-6-5-7-12-25;/h5-17H2,1-4H3,(H,21,22);1H. The van der Waals surface area contributed by atoms with Gasteiger partial charge in [0.2, 0.25) is 0 Å². The van der Waals surface area contributed by atoms with Crippen LogP contribution in [0.1, 0.15) is 52.4 Å². The highest BCUT2D eigenvalue weighted by Gasteiger charge is 2.40. The number of guanidine groups is 1. The lowest BCUT2D eigenvalue weighted by Gasteiger charge is -2.50. The summed E-state index contributed by atoms with van der Waals surface area (Å²) in [5, 5.41) is 3.79. The Morgan fingerprint density at radius 3 is 2.15 bits per heavy atom. The molecule has 3 saturated heterocycles. The van der Waals surface area contributed by atoms with Crippen molar-refractivity contribution in [1.29, 1.82) is 0 Å². The van der Waals surface area contributed by atoms with E-state index in [1.165, 1.54) is 64.7 Å². The summed E-state index contributed by atoms with van der Waals surface area (Å²) < 4.78 is 0. The van der Waals surface area contributed by atoms with Gasteiger partial charge >= 0.3 is 0 Å². The second kappa shape index (κ2) is 9.41. The predicted octanol–water partition coefficient (Wildman–Crippen LogP) is 2.86. The van der Waals surface area contributed by atoms with Crippen molar-refractivity contribution in [1.82, 2.24) is 20.0 Å². The number of nitrogens with one attached hydrogen (secondary N) is 1. The van der Waals surface area contributed by atoms with Gasteiger partial charge in [-0.25, -0.2) is 0 Å². The molecule has 6 heteroatoms. The summed E-state index contributed by atoms with van der Waals surface area (Å²) in [6.07, 6.45) is 7.96. The average molecular weight is 477 g/mol. The van der Waals surface area contributed by atoms with Crippen LogP contribution in [0.5, 0.6) is 0 Å². The maximum Gasteiger partial charge on any atom is 0.193 e. The van der Waals surface area contributed by atoms with Crippen molar-refractivity contribution in [3.63, 3.8) is 0 Å². The second-order valence-electron chi connectivity index (χ2n) is 9.31. The molecule has 3 aliphatic heterocycles. The van der Waals surface area contributed by atoms with E-state index >= 15 is 0 Å². The van der Waals surface area contributed by atoms with Crippen molar-refractivity contribution in [3.05, 3.63) is 0 Å². The van der Waals surface area contributed by atoms with Crippen LogP contribution in [0.4, 0.5) is 0 Å². The van der Waals surface area contributed by atoms with Gasteiger partial charge in [0.1, 0.15) is 0 Å². The normalized spacial score (nSPS) is 27.2. The summed E-state index contributed by atoms with van der Waals surface area (Å²) in [5.41, 5.74) is 0.730. The number of likely N-dealkylation sites (tertiary alicyclic amines) is 3. The molecule has 0 aromatic rings. The lowest BCUT2D eigenvalue weighted by atomic mass is 9.84. The van der Waals surface area contributed by atoms with Gasteiger partial charge in [0.25, 0.3) is 0 Å². The zero-order valence-corrected chi connectivity index (χ0v) is 19.7. The van der Waals surface area contributed by atoms with Gasteiger partial charge < -0.3 is 15.1 Å². The van der Waals surface area contributed by atoms with E-state index in [0.717, 1.165) is 25.6 Å². The van der Waals surface area contributed by atoms with Gasteiger partial charge in [0.05, 0.1) is 0 Å². The molecule has 5 nitrogen and oxygen atoms in total. The molecule has 0 amide bonds. The second-order valence-corrected chi connectivity index (χ2v) is 9.31. The maximum absolute atomic E-state index is 4.61. The van der Waals surface area contributed by atoms with Crippen LogP contribution >= 0.6 is 24.0 Å². The minimum atomic E-state index is 0. The van der Waals surface area contributed by atoms with Gasteiger partial charge in [-0.2, -0.15) is 0 Å². The smallest absolute Gasteiger partial charge is 0.193 e. The Kier molecular flexibility index (Phi) is 8.04. The van der Waals surface area contributed by atoms with E-state index in [-0.39, 0.29) is 24.0 Å². The minimum absolute atomic E-state index is 0. The summed E-state index contributed by atoms with van der Waals surface area (Å²) in [7, 11) is 4.20.